The van der Waals surface area contributed by atoms with Gasteiger partial charge >= 0.3 is 0 Å². The van der Waals surface area contributed by atoms with E-state index >= 15 is 0 Å². The summed E-state index contributed by atoms with van der Waals surface area (Å²) in [4.78, 5) is 4.40. The van der Waals surface area contributed by atoms with Crippen LogP contribution in [0.4, 0.5) is 0 Å². The minimum absolute atomic E-state index is 0.472. The van der Waals surface area contributed by atoms with Gasteiger partial charge in [-0.3, -0.25) is 4.99 Å². The molecule has 0 aromatic rings. The first-order valence-corrected chi connectivity index (χ1v) is 3.60. The number of hydrogen-bond acceptors (Lipinski definition) is 1. The first kappa shape index (κ1) is 6.79. The molecule has 1 nitrogen and oxygen atoms in total. The zero-order valence-corrected chi connectivity index (χ0v) is 6.57. The van der Waals surface area contributed by atoms with Crippen molar-refractivity contribution in [3.05, 3.63) is 0 Å². The van der Waals surface area contributed by atoms with Crippen LogP contribution in [0.25, 0.3) is 0 Å². The molecule has 0 aliphatic carbocycles. The van der Waals surface area contributed by atoms with Gasteiger partial charge in [-0.25, -0.2) is 0 Å². The highest BCUT2D eigenvalue weighted by Gasteiger charge is 2.20. The standard InChI is InChI=1S/C8H15N/c1-7-4-5-8(2,3)6-9-7/h4-6H2,1-3H3. The van der Waals surface area contributed by atoms with Crippen molar-refractivity contribution in [2.75, 3.05) is 6.54 Å². The lowest BCUT2D eigenvalue weighted by Gasteiger charge is -2.26. The second-order valence-electron chi connectivity index (χ2n) is 3.72. The topological polar surface area (TPSA) is 12.4 Å². The van der Waals surface area contributed by atoms with Crippen molar-refractivity contribution in [3.63, 3.8) is 0 Å². The molecule has 52 valence electrons. The Morgan fingerprint density at radius 1 is 1.44 bits per heavy atom. The fourth-order valence-corrected chi connectivity index (χ4v) is 1.03. The van der Waals surface area contributed by atoms with Gasteiger partial charge in [-0.15, -0.1) is 0 Å². The van der Waals surface area contributed by atoms with Gasteiger partial charge in [-0.1, -0.05) is 13.8 Å². The largest absolute Gasteiger partial charge is 0.294 e. The Morgan fingerprint density at radius 3 is 2.44 bits per heavy atom. The summed E-state index contributed by atoms with van der Waals surface area (Å²) in [5, 5.41) is 0. The molecule has 0 spiro atoms. The maximum Gasteiger partial charge on any atom is 0.0439 e. The summed E-state index contributed by atoms with van der Waals surface area (Å²) in [6, 6.07) is 0. The van der Waals surface area contributed by atoms with Crippen LogP contribution in [0.1, 0.15) is 33.6 Å². The molecule has 0 bridgehead atoms. The fourth-order valence-electron chi connectivity index (χ4n) is 1.03. The average molecular weight is 125 g/mol. The van der Waals surface area contributed by atoms with Crippen LogP contribution in [0, 0.1) is 5.41 Å². The van der Waals surface area contributed by atoms with Crippen molar-refractivity contribution in [1.29, 1.82) is 0 Å². The van der Waals surface area contributed by atoms with Crippen molar-refractivity contribution < 1.29 is 0 Å². The lowest BCUT2D eigenvalue weighted by atomic mass is 9.85. The van der Waals surface area contributed by atoms with Crippen molar-refractivity contribution in [3.8, 4) is 0 Å². The van der Waals surface area contributed by atoms with Crippen LogP contribution in [0.15, 0.2) is 4.99 Å². The molecule has 1 rings (SSSR count). The SMILES string of the molecule is CC1=NCC(C)(C)CC1. The van der Waals surface area contributed by atoms with Crippen molar-refractivity contribution >= 4 is 5.71 Å². The van der Waals surface area contributed by atoms with E-state index in [0.29, 0.717) is 5.41 Å². The summed E-state index contributed by atoms with van der Waals surface area (Å²) < 4.78 is 0. The third kappa shape index (κ3) is 1.81. The highest BCUT2D eigenvalue weighted by atomic mass is 14.8. The zero-order valence-electron chi connectivity index (χ0n) is 6.57. The summed E-state index contributed by atoms with van der Waals surface area (Å²) in [6.45, 7) is 7.71. The van der Waals surface area contributed by atoms with Crippen LogP contribution in [-0.4, -0.2) is 12.3 Å². The van der Waals surface area contributed by atoms with E-state index in [2.05, 4.69) is 25.8 Å². The molecular weight excluding hydrogens is 110 g/mol. The van der Waals surface area contributed by atoms with Gasteiger partial charge < -0.3 is 0 Å². The molecule has 0 radical (unpaired) electrons. The quantitative estimate of drug-likeness (QED) is 0.471. The Labute approximate surface area is 57.2 Å². The molecule has 9 heavy (non-hydrogen) atoms. The predicted octanol–water partition coefficient (Wildman–Crippen LogP) is 2.27. The van der Waals surface area contributed by atoms with Crippen molar-refractivity contribution in [2.24, 2.45) is 10.4 Å². The molecule has 0 fully saturated rings. The first-order valence-electron chi connectivity index (χ1n) is 3.60. The number of hydrogen-bond donors (Lipinski definition) is 0. The Kier molecular flexibility index (Phi) is 1.60. The molecule has 0 N–H and O–H groups in total. The number of nitrogens with zero attached hydrogens (tertiary/aromatic N) is 1. The average Bonchev–Trinajstić information content (AvgIpc) is 1.78. The highest BCUT2D eigenvalue weighted by molar-refractivity contribution is 5.82. The van der Waals surface area contributed by atoms with Gasteiger partial charge in [0.2, 0.25) is 0 Å². The predicted molar refractivity (Wildman–Crippen MR) is 41.0 cm³/mol. The highest BCUT2D eigenvalue weighted by Crippen LogP contribution is 2.26. The van der Waals surface area contributed by atoms with Gasteiger partial charge in [-0.05, 0) is 25.2 Å². The second kappa shape index (κ2) is 2.13. The van der Waals surface area contributed by atoms with E-state index in [-0.39, 0.29) is 0 Å². The Balaban J connectivity index is 2.56. The van der Waals surface area contributed by atoms with E-state index < -0.39 is 0 Å². The Hall–Kier alpha value is -0.330. The van der Waals surface area contributed by atoms with Crippen molar-refractivity contribution in [2.45, 2.75) is 33.6 Å². The lowest BCUT2D eigenvalue weighted by molar-refractivity contribution is 0.343. The van der Waals surface area contributed by atoms with Gasteiger partial charge in [-0.2, -0.15) is 0 Å². The third-order valence-electron chi connectivity index (χ3n) is 1.94. The summed E-state index contributed by atoms with van der Waals surface area (Å²) in [5.74, 6) is 0. The van der Waals surface area contributed by atoms with E-state index in [1.165, 1.54) is 18.6 Å². The van der Waals surface area contributed by atoms with E-state index in [0.717, 1.165) is 6.54 Å². The monoisotopic (exact) mass is 125 g/mol. The van der Waals surface area contributed by atoms with Gasteiger partial charge in [0.15, 0.2) is 0 Å². The summed E-state index contributed by atoms with van der Waals surface area (Å²) in [6.07, 6.45) is 2.51. The van der Waals surface area contributed by atoms with Crippen LogP contribution < -0.4 is 0 Å². The molecule has 1 aliphatic rings. The van der Waals surface area contributed by atoms with Crippen LogP contribution in [0.2, 0.25) is 0 Å². The molecule has 0 saturated carbocycles. The second-order valence-corrected chi connectivity index (χ2v) is 3.72. The molecule has 0 amide bonds. The fraction of sp³-hybridized carbons (Fsp3) is 0.875. The summed E-state index contributed by atoms with van der Waals surface area (Å²) in [7, 11) is 0. The van der Waals surface area contributed by atoms with Crippen LogP contribution in [-0.2, 0) is 0 Å². The van der Waals surface area contributed by atoms with E-state index in [1.807, 2.05) is 0 Å². The van der Waals surface area contributed by atoms with E-state index in [1.54, 1.807) is 0 Å². The molecule has 0 unspecified atom stereocenters. The minimum atomic E-state index is 0.472. The Morgan fingerprint density at radius 2 is 2.11 bits per heavy atom. The summed E-state index contributed by atoms with van der Waals surface area (Å²) in [5.41, 5.74) is 1.80. The molecule has 0 aromatic carbocycles. The summed E-state index contributed by atoms with van der Waals surface area (Å²) >= 11 is 0. The molecule has 0 saturated heterocycles. The van der Waals surface area contributed by atoms with Gasteiger partial charge in [0.05, 0.1) is 0 Å². The first-order chi connectivity index (χ1) is 4.10. The lowest BCUT2D eigenvalue weighted by Crippen LogP contribution is -2.21. The molecule has 1 heterocycles. The van der Waals surface area contributed by atoms with Crippen LogP contribution in [0.5, 0.6) is 0 Å². The van der Waals surface area contributed by atoms with Crippen LogP contribution >= 0.6 is 0 Å². The third-order valence-corrected chi connectivity index (χ3v) is 1.94. The molecule has 0 atom stereocenters. The maximum atomic E-state index is 4.40. The molecule has 1 heteroatoms. The normalized spacial score (nSPS) is 25.4. The van der Waals surface area contributed by atoms with Crippen molar-refractivity contribution in [1.82, 2.24) is 0 Å². The van der Waals surface area contributed by atoms with Gasteiger partial charge in [0, 0.05) is 12.3 Å². The molecule has 0 aromatic heterocycles. The van der Waals surface area contributed by atoms with E-state index in [9.17, 15) is 0 Å². The number of aliphatic imine (C=N–C) groups is 1. The minimum Gasteiger partial charge on any atom is -0.294 e. The maximum absolute atomic E-state index is 4.40. The Bertz CT molecular complexity index is 134. The van der Waals surface area contributed by atoms with E-state index in [4.69, 9.17) is 0 Å². The zero-order chi connectivity index (χ0) is 6.91. The van der Waals surface area contributed by atoms with Gasteiger partial charge in [0.25, 0.3) is 0 Å². The molecule has 1 aliphatic heterocycles. The molecular formula is C8H15N. The smallest absolute Gasteiger partial charge is 0.0439 e. The van der Waals surface area contributed by atoms with Gasteiger partial charge in [0.1, 0.15) is 0 Å². The number of rotatable bonds is 0. The van der Waals surface area contributed by atoms with Crippen LogP contribution in [0.3, 0.4) is 0 Å².